The third kappa shape index (κ3) is 5.05. The molecular weight excluding hydrogens is 270 g/mol. The van der Waals surface area contributed by atoms with Gasteiger partial charge in [-0.25, -0.2) is 8.78 Å². The number of nitrogens with one attached hydrogen (secondary N) is 1. The first-order valence-corrected chi connectivity index (χ1v) is 6.99. The fourth-order valence-corrected chi connectivity index (χ4v) is 2.60. The summed E-state index contributed by atoms with van der Waals surface area (Å²) in [5.74, 6) is 0. The molecule has 1 atom stereocenters. The van der Waals surface area contributed by atoms with Crippen molar-refractivity contribution < 1.29 is 8.78 Å². The highest BCUT2D eigenvalue weighted by Gasteiger charge is 2.20. The van der Waals surface area contributed by atoms with Crippen LogP contribution in [0.2, 0.25) is 5.02 Å². The summed E-state index contributed by atoms with van der Waals surface area (Å²) >= 11 is 5.85. The maximum absolute atomic E-state index is 12.2. The largest absolute Gasteiger partial charge is 0.307 e. The number of likely N-dealkylation sites (tertiary alicyclic amines) is 1. The Morgan fingerprint density at radius 3 is 2.74 bits per heavy atom. The van der Waals surface area contributed by atoms with Gasteiger partial charge in [0.05, 0.1) is 6.54 Å². The maximum atomic E-state index is 12.2. The van der Waals surface area contributed by atoms with Gasteiger partial charge in [-0.05, 0) is 37.1 Å². The second-order valence-electron chi connectivity index (χ2n) is 5.00. The molecule has 1 aliphatic rings. The van der Waals surface area contributed by atoms with E-state index in [2.05, 4.69) is 10.2 Å². The summed E-state index contributed by atoms with van der Waals surface area (Å²) in [5, 5.41) is 3.67. The first-order chi connectivity index (χ1) is 9.13. The van der Waals surface area contributed by atoms with Crippen molar-refractivity contribution in [2.75, 3.05) is 19.6 Å². The first kappa shape index (κ1) is 14.7. The van der Waals surface area contributed by atoms with Crippen molar-refractivity contribution in [1.82, 2.24) is 10.2 Å². The van der Waals surface area contributed by atoms with Crippen LogP contribution in [0.25, 0.3) is 0 Å². The van der Waals surface area contributed by atoms with E-state index >= 15 is 0 Å². The van der Waals surface area contributed by atoms with E-state index in [0.29, 0.717) is 0 Å². The summed E-state index contributed by atoms with van der Waals surface area (Å²) in [6.45, 7) is 2.49. The van der Waals surface area contributed by atoms with Gasteiger partial charge < -0.3 is 5.32 Å². The quantitative estimate of drug-likeness (QED) is 0.895. The van der Waals surface area contributed by atoms with Gasteiger partial charge in [0.1, 0.15) is 0 Å². The molecule has 1 N–H and O–H groups in total. The number of rotatable bonds is 5. The monoisotopic (exact) mass is 288 g/mol. The number of hydrogen-bond acceptors (Lipinski definition) is 2. The van der Waals surface area contributed by atoms with E-state index in [9.17, 15) is 8.78 Å². The number of alkyl halides is 2. The van der Waals surface area contributed by atoms with Crippen LogP contribution in [-0.2, 0) is 6.54 Å². The fraction of sp³-hybridized carbons (Fsp3) is 0.571. The van der Waals surface area contributed by atoms with Gasteiger partial charge in [0.2, 0.25) is 0 Å². The molecule has 0 aliphatic carbocycles. The average Bonchev–Trinajstić information content (AvgIpc) is 2.40. The van der Waals surface area contributed by atoms with Crippen molar-refractivity contribution in [1.29, 1.82) is 0 Å². The van der Waals surface area contributed by atoms with Crippen LogP contribution in [0.4, 0.5) is 8.78 Å². The Labute approximate surface area is 117 Å². The van der Waals surface area contributed by atoms with E-state index < -0.39 is 6.43 Å². The first-order valence-electron chi connectivity index (χ1n) is 6.62. The Kier molecular flexibility index (Phi) is 5.55. The highest BCUT2D eigenvalue weighted by atomic mass is 35.5. The van der Waals surface area contributed by atoms with Crippen LogP contribution in [0.15, 0.2) is 24.3 Å². The van der Waals surface area contributed by atoms with Gasteiger partial charge in [0.15, 0.2) is 0 Å². The molecule has 1 saturated heterocycles. The van der Waals surface area contributed by atoms with Gasteiger partial charge in [0, 0.05) is 24.2 Å². The van der Waals surface area contributed by atoms with Crippen LogP contribution < -0.4 is 5.32 Å². The second-order valence-corrected chi connectivity index (χ2v) is 5.44. The molecule has 0 spiro atoms. The number of nitrogens with zero attached hydrogens (tertiary/aromatic N) is 1. The third-order valence-electron chi connectivity index (χ3n) is 3.39. The minimum atomic E-state index is -2.27. The zero-order valence-electron chi connectivity index (χ0n) is 10.8. The summed E-state index contributed by atoms with van der Waals surface area (Å²) in [7, 11) is 0. The Morgan fingerprint density at radius 1 is 1.32 bits per heavy atom. The molecule has 1 fully saturated rings. The van der Waals surface area contributed by atoms with E-state index in [4.69, 9.17) is 11.6 Å². The molecule has 1 heterocycles. The lowest BCUT2D eigenvalue weighted by molar-refractivity contribution is 0.124. The molecular formula is C14H19ClF2N2. The normalized spacial score (nSPS) is 20.9. The SMILES string of the molecule is FC(F)CNC1CCCN(Cc2ccc(Cl)cc2)C1. The minimum absolute atomic E-state index is 0.176. The molecule has 2 nitrogen and oxygen atoms in total. The van der Waals surface area contributed by atoms with Crippen LogP contribution in [0, 0.1) is 0 Å². The van der Waals surface area contributed by atoms with E-state index in [-0.39, 0.29) is 12.6 Å². The lowest BCUT2D eigenvalue weighted by Gasteiger charge is -2.33. The Morgan fingerprint density at radius 2 is 2.05 bits per heavy atom. The maximum Gasteiger partial charge on any atom is 0.250 e. The predicted octanol–water partition coefficient (Wildman–Crippen LogP) is 3.16. The number of benzene rings is 1. The van der Waals surface area contributed by atoms with E-state index in [1.165, 1.54) is 5.56 Å². The van der Waals surface area contributed by atoms with Gasteiger partial charge in [0.25, 0.3) is 6.43 Å². The van der Waals surface area contributed by atoms with Crippen molar-refractivity contribution in [2.45, 2.75) is 31.9 Å². The highest BCUT2D eigenvalue weighted by molar-refractivity contribution is 6.30. The van der Waals surface area contributed by atoms with Gasteiger partial charge in [-0.2, -0.15) is 0 Å². The summed E-state index contributed by atoms with van der Waals surface area (Å²) < 4.78 is 24.4. The van der Waals surface area contributed by atoms with E-state index in [1.54, 1.807) is 0 Å². The van der Waals surface area contributed by atoms with Crippen LogP contribution >= 0.6 is 11.6 Å². The molecule has 2 rings (SSSR count). The standard InChI is InChI=1S/C14H19ClF2N2/c15-12-5-3-11(4-6-12)9-19-7-1-2-13(10-19)18-8-14(16)17/h3-6,13-14,18H,1-2,7-10H2. The topological polar surface area (TPSA) is 15.3 Å². The predicted molar refractivity (Wildman–Crippen MR) is 73.8 cm³/mol. The molecule has 0 radical (unpaired) electrons. The number of hydrogen-bond donors (Lipinski definition) is 1. The summed E-state index contributed by atoms with van der Waals surface area (Å²) in [6, 6.07) is 7.97. The molecule has 0 bridgehead atoms. The molecule has 106 valence electrons. The fourth-order valence-electron chi connectivity index (χ4n) is 2.47. The summed E-state index contributed by atoms with van der Waals surface area (Å²) in [4.78, 5) is 2.30. The van der Waals surface area contributed by atoms with E-state index in [0.717, 1.165) is 37.5 Å². The second kappa shape index (κ2) is 7.17. The van der Waals surface area contributed by atoms with Crippen LogP contribution in [-0.4, -0.2) is 37.0 Å². The van der Waals surface area contributed by atoms with Gasteiger partial charge >= 0.3 is 0 Å². The Balaban J connectivity index is 1.82. The lowest BCUT2D eigenvalue weighted by Crippen LogP contribution is -2.46. The van der Waals surface area contributed by atoms with Gasteiger partial charge in [-0.15, -0.1) is 0 Å². The van der Waals surface area contributed by atoms with Crippen molar-refractivity contribution >= 4 is 11.6 Å². The molecule has 0 aromatic heterocycles. The molecule has 0 saturated carbocycles. The third-order valence-corrected chi connectivity index (χ3v) is 3.64. The highest BCUT2D eigenvalue weighted by Crippen LogP contribution is 2.16. The van der Waals surface area contributed by atoms with Gasteiger partial charge in [-0.1, -0.05) is 23.7 Å². The lowest BCUT2D eigenvalue weighted by atomic mass is 10.0. The average molecular weight is 289 g/mol. The molecule has 1 aromatic rings. The zero-order valence-corrected chi connectivity index (χ0v) is 11.5. The molecule has 1 aliphatic heterocycles. The smallest absolute Gasteiger partial charge is 0.250 e. The molecule has 19 heavy (non-hydrogen) atoms. The molecule has 0 amide bonds. The molecule has 1 aromatic carbocycles. The summed E-state index contributed by atoms with van der Waals surface area (Å²) in [5.41, 5.74) is 1.21. The van der Waals surface area contributed by atoms with Crippen molar-refractivity contribution in [3.63, 3.8) is 0 Å². The van der Waals surface area contributed by atoms with Crippen LogP contribution in [0.3, 0.4) is 0 Å². The Bertz CT molecular complexity index is 384. The van der Waals surface area contributed by atoms with Crippen LogP contribution in [0.1, 0.15) is 18.4 Å². The number of halogens is 3. The molecule has 1 unspecified atom stereocenters. The Hall–Kier alpha value is -0.710. The van der Waals surface area contributed by atoms with Crippen molar-refractivity contribution in [2.24, 2.45) is 0 Å². The van der Waals surface area contributed by atoms with E-state index in [1.807, 2.05) is 24.3 Å². The van der Waals surface area contributed by atoms with Crippen molar-refractivity contribution in [3.05, 3.63) is 34.9 Å². The van der Waals surface area contributed by atoms with Gasteiger partial charge in [-0.3, -0.25) is 4.90 Å². The van der Waals surface area contributed by atoms with Crippen LogP contribution in [0.5, 0.6) is 0 Å². The summed E-state index contributed by atoms with van der Waals surface area (Å²) in [6.07, 6.45) is -0.246. The molecule has 5 heteroatoms. The van der Waals surface area contributed by atoms with Crippen molar-refractivity contribution in [3.8, 4) is 0 Å². The number of piperidine rings is 1. The minimum Gasteiger partial charge on any atom is -0.307 e. The zero-order chi connectivity index (χ0) is 13.7.